The summed E-state index contributed by atoms with van der Waals surface area (Å²) in [5.74, 6) is 0. The average molecular weight is 174 g/mol. The predicted molar refractivity (Wildman–Crippen MR) is 49.7 cm³/mol. The molecule has 4 heteroatoms. The molecule has 4 nitrogen and oxygen atoms in total. The summed E-state index contributed by atoms with van der Waals surface area (Å²) in [4.78, 5) is 9.00. The van der Waals surface area contributed by atoms with E-state index in [0.29, 0.717) is 0 Å². The van der Waals surface area contributed by atoms with Crippen LogP contribution in [0.2, 0.25) is 0 Å². The molecule has 0 radical (unpaired) electrons. The van der Waals surface area contributed by atoms with E-state index in [2.05, 4.69) is 18.4 Å². The molecule has 0 spiro atoms. The van der Waals surface area contributed by atoms with E-state index in [1.165, 1.54) is 0 Å². The molecule has 2 amide bonds. The van der Waals surface area contributed by atoms with Gasteiger partial charge in [-0.2, -0.15) is 0 Å². The van der Waals surface area contributed by atoms with Gasteiger partial charge < -0.3 is 16.2 Å². The Labute approximate surface area is 73.6 Å². The molecule has 0 aromatic rings. The van der Waals surface area contributed by atoms with E-state index in [9.17, 15) is 0 Å². The maximum absolute atomic E-state index is 9.00. The van der Waals surface area contributed by atoms with Crippen molar-refractivity contribution in [3.63, 3.8) is 0 Å². The first-order valence-electron chi connectivity index (χ1n) is 3.88. The van der Waals surface area contributed by atoms with Crippen LogP contribution in [0.25, 0.3) is 0 Å². The Bertz CT molecular complexity index is 120. The van der Waals surface area contributed by atoms with Crippen LogP contribution >= 0.6 is 0 Å². The Morgan fingerprint density at radius 2 is 2.00 bits per heavy atom. The minimum absolute atomic E-state index is 0.768. The fraction of sp³-hybridized carbons (Fsp3) is 0.625. The SMILES string of the molecule is CC=CCOCCC.NC(N)=O. The van der Waals surface area contributed by atoms with Crippen LogP contribution in [0.4, 0.5) is 4.79 Å². The van der Waals surface area contributed by atoms with Crippen LogP contribution in [0.5, 0.6) is 0 Å². The topological polar surface area (TPSA) is 78.3 Å². The van der Waals surface area contributed by atoms with Crippen molar-refractivity contribution in [3.05, 3.63) is 12.2 Å². The number of hydrogen-bond acceptors (Lipinski definition) is 2. The van der Waals surface area contributed by atoms with Crippen LogP contribution in [-0.2, 0) is 4.74 Å². The Morgan fingerprint density at radius 3 is 2.33 bits per heavy atom. The molecule has 4 N–H and O–H groups in total. The van der Waals surface area contributed by atoms with Gasteiger partial charge in [0.25, 0.3) is 0 Å². The van der Waals surface area contributed by atoms with E-state index in [4.69, 9.17) is 9.53 Å². The average Bonchev–Trinajstić information content (AvgIpc) is 1.97. The molecule has 0 atom stereocenters. The normalized spacial score (nSPS) is 9.17. The van der Waals surface area contributed by atoms with E-state index in [1.54, 1.807) is 0 Å². The lowest BCUT2D eigenvalue weighted by Gasteiger charge is -1.93. The molecule has 0 heterocycles. The molecule has 0 saturated carbocycles. The van der Waals surface area contributed by atoms with Crippen LogP contribution in [0.1, 0.15) is 20.3 Å². The van der Waals surface area contributed by atoms with Gasteiger partial charge in [-0.15, -0.1) is 0 Å². The zero-order valence-corrected chi connectivity index (χ0v) is 7.75. The van der Waals surface area contributed by atoms with Gasteiger partial charge in [0, 0.05) is 6.61 Å². The van der Waals surface area contributed by atoms with E-state index in [0.717, 1.165) is 19.6 Å². The van der Waals surface area contributed by atoms with Gasteiger partial charge in [0.2, 0.25) is 0 Å². The molecule has 0 aliphatic carbocycles. The maximum Gasteiger partial charge on any atom is 0.309 e. The molecule has 0 saturated heterocycles. The second-order valence-electron chi connectivity index (χ2n) is 2.05. The van der Waals surface area contributed by atoms with E-state index >= 15 is 0 Å². The minimum atomic E-state index is -0.833. The number of rotatable bonds is 4. The zero-order chi connectivity index (χ0) is 9.82. The number of urea groups is 1. The lowest BCUT2D eigenvalue weighted by Crippen LogP contribution is -2.18. The molecule has 12 heavy (non-hydrogen) atoms. The van der Waals surface area contributed by atoms with Crippen molar-refractivity contribution in [1.29, 1.82) is 0 Å². The monoisotopic (exact) mass is 174 g/mol. The fourth-order valence-electron chi connectivity index (χ4n) is 0.392. The van der Waals surface area contributed by atoms with Crippen molar-refractivity contribution < 1.29 is 9.53 Å². The number of ether oxygens (including phenoxy) is 1. The number of carbonyl (C=O) groups is 1. The van der Waals surface area contributed by atoms with Crippen LogP contribution in [0, 0.1) is 0 Å². The summed E-state index contributed by atoms with van der Waals surface area (Å²) >= 11 is 0. The standard InChI is InChI=1S/C7H14O.CH4N2O/c1-3-5-7-8-6-4-2;2-1(3)4/h3,5H,4,6-7H2,1-2H3;(H4,2,3,4). The molecule has 0 aromatic carbocycles. The number of nitrogens with two attached hydrogens (primary N) is 2. The van der Waals surface area contributed by atoms with Crippen molar-refractivity contribution >= 4 is 6.03 Å². The van der Waals surface area contributed by atoms with Gasteiger partial charge in [0.05, 0.1) is 6.61 Å². The van der Waals surface area contributed by atoms with Crippen molar-refractivity contribution in [1.82, 2.24) is 0 Å². The summed E-state index contributed by atoms with van der Waals surface area (Å²) < 4.78 is 5.14. The quantitative estimate of drug-likeness (QED) is 0.493. The Morgan fingerprint density at radius 1 is 1.50 bits per heavy atom. The largest absolute Gasteiger partial charge is 0.377 e. The molecular formula is C8H18N2O2. The number of amides is 2. The van der Waals surface area contributed by atoms with Gasteiger partial charge in [-0.3, -0.25) is 0 Å². The summed E-state index contributed by atoms with van der Waals surface area (Å²) in [6.07, 6.45) is 5.11. The first-order chi connectivity index (χ1) is 5.65. The zero-order valence-electron chi connectivity index (χ0n) is 7.75. The van der Waals surface area contributed by atoms with Gasteiger partial charge in [-0.05, 0) is 13.3 Å². The van der Waals surface area contributed by atoms with Crippen molar-refractivity contribution in [3.8, 4) is 0 Å². The Balaban J connectivity index is 0. The van der Waals surface area contributed by atoms with Crippen molar-refractivity contribution in [2.75, 3.05) is 13.2 Å². The van der Waals surface area contributed by atoms with E-state index < -0.39 is 6.03 Å². The number of allylic oxidation sites excluding steroid dienone is 1. The van der Waals surface area contributed by atoms with E-state index in [1.807, 2.05) is 19.1 Å². The molecule has 0 fully saturated rings. The van der Waals surface area contributed by atoms with Crippen molar-refractivity contribution in [2.45, 2.75) is 20.3 Å². The van der Waals surface area contributed by atoms with E-state index in [-0.39, 0.29) is 0 Å². The maximum atomic E-state index is 9.00. The summed E-state index contributed by atoms with van der Waals surface area (Å²) in [7, 11) is 0. The molecule has 0 rings (SSSR count). The Kier molecular flexibility index (Phi) is 14.3. The fourth-order valence-corrected chi connectivity index (χ4v) is 0.392. The van der Waals surface area contributed by atoms with Crippen LogP contribution < -0.4 is 11.5 Å². The molecular weight excluding hydrogens is 156 g/mol. The van der Waals surface area contributed by atoms with Crippen LogP contribution in [-0.4, -0.2) is 19.2 Å². The second-order valence-corrected chi connectivity index (χ2v) is 2.05. The second kappa shape index (κ2) is 12.6. The molecule has 72 valence electrons. The summed E-state index contributed by atoms with van der Waals surface area (Å²) in [5.41, 5.74) is 8.50. The first-order valence-corrected chi connectivity index (χ1v) is 3.88. The van der Waals surface area contributed by atoms with Gasteiger partial charge in [-0.1, -0.05) is 19.1 Å². The first kappa shape index (κ1) is 13.6. The number of carbonyl (C=O) groups excluding carboxylic acids is 1. The molecule has 0 aromatic heterocycles. The van der Waals surface area contributed by atoms with Crippen LogP contribution in [0.3, 0.4) is 0 Å². The minimum Gasteiger partial charge on any atom is -0.377 e. The number of primary amides is 2. The highest BCUT2D eigenvalue weighted by molar-refractivity contribution is 5.69. The third-order valence-electron chi connectivity index (χ3n) is 0.798. The lowest BCUT2D eigenvalue weighted by molar-refractivity contribution is 0.163. The predicted octanol–water partition coefficient (Wildman–Crippen LogP) is 1.01. The molecule has 0 unspecified atom stereocenters. The highest BCUT2D eigenvalue weighted by atomic mass is 16.5. The third-order valence-corrected chi connectivity index (χ3v) is 0.798. The number of hydrogen-bond donors (Lipinski definition) is 2. The highest BCUT2D eigenvalue weighted by Crippen LogP contribution is 1.80. The summed E-state index contributed by atoms with van der Waals surface area (Å²) in [5, 5.41) is 0. The van der Waals surface area contributed by atoms with Gasteiger partial charge in [0.15, 0.2) is 0 Å². The van der Waals surface area contributed by atoms with Gasteiger partial charge in [-0.25, -0.2) is 4.79 Å². The molecule has 0 bridgehead atoms. The lowest BCUT2D eigenvalue weighted by atomic mass is 10.5. The summed E-state index contributed by atoms with van der Waals surface area (Å²) in [6.45, 7) is 5.75. The third kappa shape index (κ3) is 36.2. The van der Waals surface area contributed by atoms with Crippen molar-refractivity contribution in [2.24, 2.45) is 11.5 Å². The highest BCUT2D eigenvalue weighted by Gasteiger charge is 1.76. The Hall–Kier alpha value is -1.03. The smallest absolute Gasteiger partial charge is 0.309 e. The summed E-state index contributed by atoms with van der Waals surface area (Å²) in [6, 6.07) is -0.833. The van der Waals surface area contributed by atoms with Gasteiger partial charge >= 0.3 is 6.03 Å². The molecule has 0 aliphatic rings. The molecule has 0 aliphatic heterocycles. The van der Waals surface area contributed by atoms with Crippen LogP contribution in [0.15, 0.2) is 12.2 Å². The van der Waals surface area contributed by atoms with Gasteiger partial charge in [0.1, 0.15) is 0 Å².